The van der Waals surface area contributed by atoms with E-state index in [0.29, 0.717) is 10.7 Å². The number of halogens is 4. The molecule has 2 rings (SSSR count). The van der Waals surface area contributed by atoms with Crippen LogP contribution < -0.4 is 10.2 Å². The van der Waals surface area contributed by atoms with Gasteiger partial charge in [0.15, 0.2) is 0 Å². The molecule has 0 aromatic heterocycles. The molecule has 0 radical (unpaired) electrons. The Morgan fingerprint density at radius 1 is 1.13 bits per heavy atom. The van der Waals surface area contributed by atoms with E-state index in [-0.39, 0.29) is 18.8 Å². The van der Waals surface area contributed by atoms with Gasteiger partial charge in [-0.2, -0.15) is 13.2 Å². The second-order valence-corrected chi connectivity index (χ2v) is 6.60. The minimum atomic E-state index is -5.30. The van der Waals surface area contributed by atoms with Crippen molar-refractivity contribution in [1.82, 2.24) is 0 Å². The van der Waals surface area contributed by atoms with Crippen molar-refractivity contribution in [2.45, 2.75) is 25.6 Å². The number of aliphatic hydroxyl groups is 1. The molecule has 2 N–H and O–H groups in total. The van der Waals surface area contributed by atoms with Gasteiger partial charge in [-0.25, -0.2) is 9.59 Å². The number of anilines is 2. The molecule has 2 aromatic rings. The monoisotopic (exact) mass is 444 g/mol. The highest BCUT2D eigenvalue weighted by molar-refractivity contribution is 6.30. The third-order valence-electron chi connectivity index (χ3n) is 4.22. The molecule has 6 nitrogen and oxygen atoms in total. The summed E-state index contributed by atoms with van der Waals surface area (Å²) in [5, 5.41) is 13.2. The maximum atomic E-state index is 13.5. The molecular formula is C20H20ClF3N2O4. The van der Waals surface area contributed by atoms with Gasteiger partial charge in [-0.15, -0.1) is 0 Å². The van der Waals surface area contributed by atoms with Gasteiger partial charge in [-0.1, -0.05) is 29.8 Å². The van der Waals surface area contributed by atoms with Crippen LogP contribution in [0.25, 0.3) is 0 Å². The van der Waals surface area contributed by atoms with Crippen molar-refractivity contribution in [3.05, 3.63) is 59.1 Å². The van der Waals surface area contributed by atoms with Gasteiger partial charge in [-0.3, -0.25) is 4.90 Å². The third-order valence-corrected chi connectivity index (χ3v) is 4.45. The number of alkyl halides is 3. The lowest BCUT2D eigenvalue weighted by Crippen LogP contribution is -2.50. The molecule has 0 fully saturated rings. The molecule has 2 aromatic carbocycles. The van der Waals surface area contributed by atoms with Gasteiger partial charge in [0.05, 0.1) is 6.61 Å². The van der Waals surface area contributed by atoms with Gasteiger partial charge in [0.25, 0.3) is 5.60 Å². The van der Waals surface area contributed by atoms with E-state index in [1.165, 1.54) is 24.0 Å². The van der Waals surface area contributed by atoms with Crippen LogP contribution in [-0.2, 0) is 15.1 Å². The second-order valence-electron chi connectivity index (χ2n) is 6.16. The number of benzene rings is 2. The molecule has 0 aliphatic heterocycles. The van der Waals surface area contributed by atoms with Crippen LogP contribution in [0, 0.1) is 0 Å². The molecule has 0 spiro atoms. The summed E-state index contributed by atoms with van der Waals surface area (Å²) in [6.45, 7) is 2.88. The first-order chi connectivity index (χ1) is 14.0. The number of amides is 2. The van der Waals surface area contributed by atoms with Crippen molar-refractivity contribution >= 4 is 35.0 Å². The van der Waals surface area contributed by atoms with E-state index in [4.69, 9.17) is 11.6 Å². The zero-order valence-electron chi connectivity index (χ0n) is 16.2. The average Bonchev–Trinajstić information content (AvgIpc) is 2.67. The SMILES string of the molecule is CCOC(=O)C(O)(c1ccc(N(CC)C(=O)Nc2cccc(Cl)c2)cc1)C(F)(F)F. The number of hydrogen-bond acceptors (Lipinski definition) is 4. The first-order valence-electron chi connectivity index (χ1n) is 8.95. The summed E-state index contributed by atoms with van der Waals surface area (Å²) in [5.74, 6) is -1.82. The summed E-state index contributed by atoms with van der Waals surface area (Å²) in [6.07, 6.45) is -5.30. The highest BCUT2D eigenvalue weighted by Crippen LogP contribution is 2.40. The highest BCUT2D eigenvalue weighted by Gasteiger charge is 2.62. The number of esters is 1. The van der Waals surface area contributed by atoms with Crippen LogP contribution in [-0.4, -0.2) is 36.4 Å². The summed E-state index contributed by atoms with van der Waals surface area (Å²) < 4.78 is 44.8. The number of ether oxygens (including phenoxy) is 1. The normalized spacial score (nSPS) is 13.3. The topological polar surface area (TPSA) is 78.9 Å². The third kappa shape index (κ3) is 4.85. The maximum Gasteiger partial charge on any atom is 0.432 e. The summed E-state index contributed by atoms with van der Waals surface area (Å²) in [4.78, 5) is 25.7. The molecule has 0 saturated heterocycles. The van der Waals surface area contributed by atoms with Crippen molar-refractivity contribution in [3.8, 4) is 0 Å². The molecule has 0 bridgehead atoms. The van der Waals surface area contributed by atoms with Crippen LogP contribution in [0.2, 0.25) is 5.02 Å². The Balaban J connectivity index is 2.31. The van der Waals surface area contributed by atoms with Crippen molar-refractivity contribution < 1.29 is 32.6 Å². The van der Waals surface area contributed by atoms with E-state index in [9.17, 15) is 27.9 Å². The lowest BCUT2D eigenvalue weighted by molar-refractivity contribution is -0.267. The smallest absolute Gasteiger partial charge is 0.432 e. The first kappa shape index (κ1) is 23.5. The van der Waals surface area contributed by atoms with E-state index in [1.54, 1.807) is 31.2 Å². The van der Waals surface area contributed by atoms with Gasteiger partial charge in [-0.05, 0) is 44.2 Å². The van der Waals surface area contributed by atoms with E-state index in [0.717, 1.165) is 12.1 Å². The molecule has 1 unspecified atom stereocenters. The molecule has 0 aliphatic carbocycles. The number of nitrogens with one attached hydrogen (secondary N) is 1. The Labute approximate surface area is 176 Å². The Bertz CT molecular complexity index is 906. The lowest BCUT2D eigenvalue weighted by Gasteiger charge is -2.29. The zero-order chi connectivity index (χ0) is 22.5. The Kier molecular flexibility index (Phi) is 7.33. The van der Waals surface area contributed by atoms with Crippen LogP contribution in [0.5, 0.6) is 0 Å². The Hall–Kier alpha value is -2.78. The van der Waals surface area contributed by atoms with Gasteiger partial charge in [0.2, 0.25) is 0 Å². The lowest BCUT2D eigenvalue weighted by atomic mass is 9.93. The highest BCUT2D eigenvalue weighted by atomic mass is 35.5. The zero-order valence-corrected chi connectivity index (χ0v) is 16.9. The fourth-order valence-corrected chi connectivity index (χ4v) is 2.91. The fourth-order valence-electron chi connectivity index (χ4n) is 2.72. The average molecular weight is 445 g/mol. The number of carbonyl (C=O) groups is 2. The molecule has 1 atom stereocenters. The molecule has 0 aliphatic rings. The molecule has 162 valence electrons. The minimum Gasteiger partial charge on any atom is -0.463 e. The second kappa shape index (κ2) is 9.36. The number of carbonyl (C=O) groups excluding carboxylic acids is 2. The van der Waals surface area contributed by atoms with Crippen LogP contribution in [0.3, 0.4) is 0 Å². The van der Waals surface area contributed by atoms with E-state index in [2.05, 4.69) is 10.1 Å². The largest absolute Gasteiger partial charge is 0.463 e. The van der Waals surface area contributed by atoms with Crippen LogP contribution in [0.1, 0.15) is 19.4 Å². The molecule has 10 heteroatoms. The molecule has 0 heterocycles. The number of urea groups is 1. The summed E-state index contributed by atoms with van der Waals surface area (Å²) in [7, 11) is 0. The van der Waals surface area contributed by atoms with Crippen LogP contribution in [0.15, 0.2) is 48.5 Å². The molecule has 30 heavy (non-hydrogen) atoms. The van der Waals surface area contributed by atoms with Gasteiger partial charge < -0.3 is 15.2 Å². The van der Waals surface area contributed by atoms with Crippen LogP contribution in [0.4, 0.5) is 29.3 Å². The number of hydrogen-bond donors (Lipinski definition) is 2. The van der Waals surface area contributed by atoms with E-state index >= 15 is 0 Å². The van der Waals surface area contributed by atoms with E-state index in [1.807, 2.05) is 0 Å². The Morgan fingerprint density at radius 3 is 2.27 bits per heavy atom. The molecule has 2 amide bonds. The minimum absolute atomic E-state index is 0.202. The quantitative estimate of drug-likeness (QED) is 0.632. The Morgan fingerprint density at radius 2 is 1.77 bits per heavy atom. The van der Waals surface area contributed by atoms with Gasteiger partial charge in [0.1, 0.15) is 0 Å². The number of rotatable bonds is 6. The first-order valence-corrected chi connectivity index (χ1v) is 9.33. The van der Waals surface area contributed by atoms with E-state index < -0.39 is 29.3 Å². The summed E-state index contributed by atoms with van der Waals surface area (Å²) >= 11 is 5.89. The van der Waals surface area contributed by atoms with Gasteiger partial charge >= 0.3 is 18.2 Å². The van der Waals surface area contributed by atoms with Crippen molar-refractivity contribution in [1.29, 1.82) is 0 Å². The van der Waals surface area contributed by atoms with Crippen molar-refractivity contribution in [3.63, 3.8) is 0 Å². The predicted octanol–water partition coefficient (Wildman–Crippen LogP) is 4.71. The predicted molar refractivity (Wildman–Crippen MR) is 107 cm³/mol. The molecular weight excluding hydrogens is 425 g/mol. The standard InChI is InChI=1S/C20H20ClF3N2O4/c1-3-26(18(28)25-15-7-5-6-14(21)12-15)16-10-8-13(9-11-16)19(29,20(22,23)24)17(27)30-4-2/h5-12,29H,3-4H2,1-2H3,(H,25,28). The maximum absolute atomic E-state index is 13.5. The van der Waals surface area contributed by atoms with Crippen molar-refractivity contribution in [2.24, 2.45) is 0 Å². The van der Waals surface area contributed by atoms with Crippen LogP contribution >= 0.6 is 11.6 Å². The summed E-state index contributed by atoms with van der Waals surface area (Å²) in [5.41, 5.74) is -3.84. The van der Waals surface area contributed by atoms with Crippen molar-refractivity contribution in [2.75, 3.05) is 23.4 Å². The number of nitrogens with zero attached hydrogens (tertiary/aromatic N) is 1. The molecule has 0 saturated carbocycles. The summed E-state index contributed by atoms with van der Waals surface area (Å²) in [6, 6.07) is 10.2. The fraction of sp³-hybridized carbons (Fsp3) is 0.300. The van der Waals surface area contributed by atoms with Gasteiger partial charge in [0, 0.05) is 28.5 Å².